The summed E-state index contributed by atoms with van der Waals surface area (Å²) in [5.41, 5.74) is 0.634. The number of hydrogen-bond acceptors (Lipinski definition) is 4. The van der Waals surface area contributed by atoms with Gasteiger partial charge in [0.05, 0.1) is 4.90 Å². The first-order valence-electron chi connectivity index (χ1n) is 9.70. The van der Waals surface area contributed by atoms with Crippen LogP contribution < -0.4 is 0 Å². The zero-order valence-corrected chi connectivity index (χ0v) is 18.3. The third-order valence-electron chi connectivity index (χ3n) is 4.72. The van der Waals surface area contributed by atoms with Crippen molar-refractivity contribution in [3.05, 3.63) is 121 Å². The second-order valence-electron chi connectivity index (χ2n) is 6.91. The molecule has 0 saturated heterocycles. The summed E-state index contributed by atoms with van der Waals surface area (Å²) in [7, 11) is -6.81. The molecule has 0 unspecified atom stereocenters. The summed E-state index contributed by atoms with van der Waals surface area (Å²) in [5.74, 6) is -0.282. The summed E-state index contributed by atoms with van der Waals surface area (Å²) in [6, 6.07) is 34.1. The predicted molar refractivity (Wildman–Crippen MR) is 124 cm³/mol. The summed E-state index contributed by atoms with van der Waals surface area (Å²) in [6.45, 7) is 0. The molecular formula is C25H22O4S2. The first-order chi connectivity index (χ1) is 15.0. The van der Waals surface area contributed by atoms with Crippen LogP contribution in [-0.4, -0.2) is 13.5 Å². The van der Waals surface area contributed by atoms with E-state index in [-0.39, 0.29) is 11.5 Å². The van der Waals surface area contributed by atoms with Gasteiger partial charge in [0.25, 0.3) is 10.1 Å². The summed E-state index contributed by atoms with van der Waals surface area (Å²) < 4.78 is 32.9. The Morgan fingerprint density at radius 3 is 1.58 bits per heavy atom. The van der Waals surface area contributed by atoms with Crippen molar-refractivity contribution in [2.24, 2.45) is 0 Å². The molecule has 158 valence electrons. The Hall–Kier alpha value is -3.06. The molecule has 4 nitrogen and oxygen atoms in total. The maximum atomic E-state index is 13.4. The summed E-state index contributed by atoms with van der Waals surface area (Å²) in [5, 5.41) is 10.8. The van der Waals surface area contributed by atoms with E-state index >= 15 is 0 Å². The molecule has 1 N–H and O–H groups in total. The average molecular weight is 451 g/mol. The van der Waals surface area contributed by atoms with Crippen LogP contribution in [0.1, 0.15) is 5.56 Å². The normalized spacial score (nSPS) is 12.4. The lowest BCUT2D eigenvalue weighted by atomic mass is 10.2. The van der Waals surface area contributed by atoms with Crippen molar-refractivity contribution in [2.45, 2.75) is 20.4 Å². The number of hydrogen-bond donors (Lipinski definition) is 1. The van der Waals surface area contributed by atoms with Gasteiger partial charge in [0, 0.05) is 9.79 Å². The average Bonchev–Trinajstić information content (AvgIpc) is 2.79. The highest BCUT2D eigenvalue weighted by molar-refractivity contribution is 8.33. The van der Waals surface area contributed by atoms with Crippen LogP contribution in [0.2, 0.25) is 0 Å². The van der Waals surface area contributed by atoms with Crippen molar-refractivity contribution in [3.63, 3.8) is 0 Å². The number of para-hydroxylation sites is 1. The third-order valence-corrected chi connectivity index (χ3v) is 9.89. The second-order valence-corrected chi connectivity index (χ2v) is 11.3. The lowest BCUT2D eigenvalue weighted by Crippen LogP contribution is -2.16. The molecule has 4 rings (SSSR count). The van der Waals surface area contributed by atoms with Crippen LogP contribution in [0.4, 0.5) is 0 Å². The van der Waals surface area contributed by atoms with E-state index in [9.17, 15) is 13.5 Å². The van der Waals surface area contributed by atoms with E-state index in [1.165, 1.54) is 0 Å². The first-order valence-corrected chi connectivity index (χ1v) is 12.8. The van der Waals surface area contributed by atoms with Gasteiger partial charge < -0.3 is 5.11 Å². The number of aromatic hydroxyl groups is 1. The minimum Gasteiger partial charge on any atom is -0.507 e. The topological polar surface area (TPSA) is 63.6 Å². The summed E-state index contributed by atoms with van der Waals surface area (Å²) in [6.07, 6.45) is 0. The van der Waals surface area contributed by atoms with E-state index in [0.717, 1.165) is 0 Å². The molecule has 0 atom stereocenters. The van der Waals surface area contributed by atoms with E-state index in [2.05, 4.69) is 0 Å². The van der Waals surface area contributed by atoms with Gasteiger partial charge in [0.1, 0.15) is 11.5 Å². The van der Waals surface area contributed by atoms with Crippen molar-refractivity contribution < 1.29 is 17.2 Å². The molecule has 0 radical (unpaired) electrons. The molecule has 4 aromatic rings. The maximum absolute atomic E-state index is 13.4. The van der Waals surface area contributed by atoms with Crippen molar-refractivity contribution in [3.8, 4) is 5.75 Å². The van der Waals surface area contributed by atoms with Gasteiger partial charge in [-0.1, -0.05) is 78.9 Å². The predicted octanol–water partition coefficient (Wildman–Crippen LogP) is 6.14. The van der Waals surface area contributed by atoms with Crippen molar-refractivity contribution in [1.82, 2.24) is 0 Å². The van der Waals surface area contributed by atoms with Crippen molar-refractivity contribution in [2.75, 3.05) is 0 Å². The standard InChI is InChI=1S/C25H22O4S2/c26-24-18-10-11-19-25(24)31(22-14-6-2-7-15-22,23-16-8-3-9-17-23)29-30(27,28)20-21-12-4-1-5-13-21/h1-19,26H,20H2. The van der Waals surface area contributed by atoms with Gasteiger partial charge in [-0.05, 0) is 52.3 Å². The maximum Gasteiger partial charge on any atom is 0.281 e. The van der Waals surface area contributed by atoms with Crippen LogP contribution in [0.3, 0.4) is 0 Å². The van der Waals surface area contributed by atoms with Crippen LogP contribution in [-0.2, 0) is 19.5 Å². The molecule has 0 aliphatic heterocycles. The molecular weight excluding hydrogens is 428 g/mol. The van der Waals surface area contributed by atoms with Gasteiger partial charge in [-0.3, -0.25) is 0 Å². The largest absolute Gasteiger partial charge is 0.507 e. The minimum atomic E-state index is -4.03. The van der Waals surface area contributed by atoms with Crippen LogP contribution in [0.5, 0.6) is 5.75 Å². The summed E-state index contributed by atoms with van der Waals surface area (Å²) >= 11 is 0. The quantitative estimate of drug-likeness (QED) is 0.368. The highest BCUT2D eigenvalue weighted by atomic mass is 32.3. The zero-order chi connectivity index (χ0) is 21.7. The fraction of sp³-hybridized carbons (Fsp3) is 0.0400. The Balaban J connectivity index is 1.95. The smallest absolute Gasteiger partial charge is 0.281 e. The van der Waals surface area contributed by atoms with Gasteiger partial charge in [-0.15, -0.1) is 0 Å². The molecule has 0 spiro atoms. The van der Waals surface area contributed by atoms with E-state index in [1.807, 2.05) is 66.7 Å². The molecule has 0 fully saturated rings. The highest BCUT2D eigenvalue weighted by Gasteiger charge is 2.39. The van der Waals surface area contributed by atoms with Crippen molar-refractivity contribution >= 4 is 20.4 Å². The number of benzene rings is 4. The van der Waals surface area contributed by atoms with Crippen molar-refractivity contribution in [1.29, 1.82) is 0 Å². The Morgan fingerprint density at radius 2 is 1.06 bits per heavy atom. The molecule has 0 bridgehead atoms. The van der Waals surface area contributed by atoms with E-state index in [4.69, 9.17) is 3.63 Å². The zero-order valence-electron chi connectivity index (χ0n) is 16.7. The molecule has 0 aromatic heterocycles. The third kappa shape index (κ3) is 4.51. The van der Waals surface area contributed by atoms with Crippen LogP contribution in [0, 0.1) is 0 Å². The lowest BCUT2D eigenvalue weighted by molar-refractivity contribution is 0.458. The molecule has 31 heavy (non-hydrogen) atoms. The number of phenolic OH excluding ortho intramolecular Hbond substituents is 1. The SMILES string of the molecule is O=S(=O)(Cc1ccccc1)OS(c1ccccc1)(c1ccccc1)c1ccccc1O. The van der Waals surface area contributed by atoms with E-state index in [1.54, 1.807) is 48.5 Å². The number of rotatable bonds is 7. The number of phenols is 1. The molecule has 0 heterocycles. The molecule has 0 amide bonds. The molecule has 6 heteroatoms. The van der Waals surface area contributed by atoms with E-state index in [0.29, 0.717) is 20.2 Å². The Morgan fingerprint density at radius 1 is 0.613 bits per heavy atom. The van der Waals surface area contributed by atoms with Gasteiger partial charge in [-0.25, -0.2) is 3.63 Å². The summed E-state index contributed by atoms with van der Waals surface area (Å²) in [4.78, 5) is 1.79. The Kier molecular flexibility index (Phi) is 6.13. The Bertz CT molecular complexity index is 1200. The minimum absolute atomic E-state index is 0.0138. The monoisotopic (exact) mass is 450 g/mol. The molecule has 0 saturated carbocycles. The van der Waals surface area contributed by atoms with Gasteiger partial charge in [0.2, 0.25) is 0 Å². The van der Waals surface area contributed by atoms with Gasteiger partial charge in [-0.2, -0.15) is 8.42 Å². The van der Waals surface area contributed by atoms with Gasteiger partial charge in [0.15, 0.2) is 0 Å². The molecule has 0 aliphatic carbocycles. The second kappa shape index (κ2) is 8.98. The van der Waals surface area contributed by atoms with Crippen LogP contribution in [0.25, 0.3) is 0 Å². The van der Waals surface area contributed by atoms with E-state index < -0.39 is 20.4 Å². The fourth-order valence-electron chi connectivity index (χ4n) is 3.39. The fourth-order valence-corrected chi connectivity index (χ4v) is 8.84. The highest BCUT2D eigenvalue weighted by Crippen LogP contribution is 2.71. The molecule has 0 aliphatic rings. The lowest BCUT2D eigenvalue weighted by Gasteiger charge is -2.39. The molecule has 4 aromatic carbocycles. The van der Waals surface area contributed by atoms with Crippen LogP contribution in [0.15, 0.2) is 130 Å². The van der Waals surface area contributed by atoms with Crippen LogP contribution >= 0.6 is 10.3 Å². The Labute approximate surface area is 184 Å². The van der Waals surface area contributed by atoms with Gasteiger partial charge >= 0.3 is 0 Å². The first kappa shape index (κ1) is 21.2.